The van der Waals surface area contributed by atoms with Crippen LogP contribution in [0.1, 0.15) is 64.9 Å². The molecule has 0 saturated carbocycles. The van der Waals surface area contributed by atoms with Crippen molar-refractivity contribution in [3.8, 4) is 0 Å². The van der Waals surface area contributed by atoms with Gasteiger partial charge in [-0.3, -0.25) is 0 Å². The van der Waals surface area contributed by atoms with Crippen molar-refractivity contribution in [2.75, 3.05) is 0 Å². The van der Waals surface area contributed by atoms with Crippen LogP contribution in [0.5, 0.6) is 0 Å². The van der Waals surface area contributed by atoms with Crippen molar-refractivity contribution in [2.24, 2.45) is 0 Å². The van der Waals surface area contributed by atoms with E-state index in [9.17, 15) is 0 Å². The van der Waals surface area contributed by atoms with Crippen LogP contribution in [0.4, 0.5) is 0 Å². The molecular weight excluding hydrogens is 447 g/mol. The van der Waals surface area contributed by atoms with E-state index in [2.05, 4.69) is 60.8 Å². The first kappa shape index (κ1) is 18.9. The fourth-order valence-electron chi connectivity index (χ4n) is 3.05. The first-order chi connectivity index (χ1) is 10.3. The van der Waals surface area contributed by atoms with Crippen LogP contribution < -0.4 is 0 Å². The van der Waals surface area contributed by atoms with Crippen molar-refractivity contribution in [3.63, 3.8) is 0 Å². The van der Waals surface area contributed by atoms with E-state index in [-0.39, 0.29) is 0 Å². The maximum absolute atomic E-state index is 2.77. The molecule has 0 amide bonds. The van der Waals surface area contributed by atoms with E-state index in [0.29, 0.717) is 0 Å². The Kier molecular flexibility index (Phi) is 10.3. The van der Waals surface area contributed by atoms with Gasteiger partial charge in [-0.05, 0) is 0 Å². The van der Waals surface area contributed by atoms with Crippen LogP contribution in [0.15, 0.2) is 34.0 Å². The van der Waals surface area contributed by atoms with Crippen LogP contribution in [0.3, 0.4) is 0 Å². The molecule has 0 aliphatic carbocycles. The summed E-state index contributed by atoms with van der Waals surface area (Å²) in [4.78, 5) is 0. The second-order valence-corrected chi connectivity index (χ2v) is 24.1. The number of benzene rings is 1. The van der Waals surface area contributed by atoms with Crippen molar-refractivity contribution < 1.29 is 0 Å². The van der Waals surface area contributed by atoms with Gasteiger partial charge >= 0.3 is 138 Å². The quantitative estimate of drug-likeness (QED) is 0.296. The van der Waals surface area contributed by atoms with Gasteiger partial charge < -0.3 is 0 Å². The summed E-state index contributed by atoms with van der Waals surface area (Å²) in [6, 6.07) is 10.9. The third-order valence-electron chi connectivity index (χ3n) is 4.51. The Labute approximate surface area is 137 Å². The summed E-state index contributed by atoms with van der Waals surface area (Å²) in [5.41, 5.74) is 1.39. The van der Waals surface area contributed by atoms with E-state index in [1.54, 1.807) is 11.9 Å². The zero-order valence-corrected chi connectivity index (χ0v) is 18.3. The normalized spacial score (nSPS) is 12.1. The molecular formula is C20H34Pb. The monoisotopic (exact) mass is 482 g/mol. The van der Waals surface area contributed by atoms with Gasteiger partial charge in [0.25, 0.3) is 0 Å². The van der Waals surface area contributed by atoms with Gasteiger partial charge in [-0.25, -0.2) is 0 Å². The number of rotatable bonds is 11. The Morgan fingerprint density at radius 1 is 0.762 bits per heavy atom. The fourth-order valence-corrected chi connectivity index (χ4v) is 22.4. The van der Waals surface area contributed by atoms with E-state index in [1.165, 1.54) is 44.1 Å². The van der Waals surface area contributed by atoms with Gasteiger partial charge in [0, 0.05) is 0 Å². The molecule has 1 heteroatoms. The molecule has 0 aliphatic heterocycles. The van der Waals surface area contributed by atoms with Gasteiger partial charge in [0.2, 0.25) is 0 Å². The summed E-state index contributed by atoms with van der Waals surface area (Å²) in [6.07, 6.45) is 10.9. The van der Waals surface area contributed by atoms with Gasteiger partial charge in [0.05, 0.1) is 0 Å². The number of hydrogen-bond acceptors (Lipinski definition) is 0. The molecule has 118 valence electrons. The van der Waals surface area contributed by atoms with Crippen molar-refractivity contribution in [1.82, 2.24) is 0 Å². The third kappa shape index (κ3) is 7.62. The molecule has 0 saturated heterocycles. The van der Waals surface area contributed by atoms with Crippen LogP contribution in [0.2, 0.25) is 11.9 Å². The SMILES string of the molecule is CCC[CH2][Pb](/[CH]=C/c1ccccc1)([CH2]CCC)[CH2]CCC. The molecule has 0 aromatic heterocycles. The molecule has 0 nitrogen and oxygen atoms in total. The number of hydrogen-bond donors (Lipinski definition) is 0. The minimum absolute atomic E-state index is 1.36. The Bertz CT molecular complexity index is 358. The molecule has 21 heavy (non-hydrogen) atoms. The Hall–Kier alpha value is -0.118. The predicted octanol–water partition coefficient (Wildman–Crippen LogP) is 7.09. The molecule has 0 aliphatic rings. The molecule has 0 N–H and O–H groups in total. The van der Waals surface area contributed by atoms with Crippen molar-refractivity contribution in [1.29, 1.82) is 0 Å². The van der Waals surface area contributed by atoms with Crippen LogP contribution in [0.25, 0.3) is 6.08 Å². The second kappa shape index (κ2) is 11.4. The van der Waals surface area contributed by atoms with Crippen molar-refractivity contribution >= 4 is 27.2 Å². The Morgan fingerprint density at radius 2 is 1.24 bits per heavy atom. The van der Waals surface area contributed by atoms with E-state index >= 15 is 0 Å². The van der Waals surface area contributed by atoms with E-state index in [1.807, 2.05) is 0 Å². The van der Waals surface area contributed by atoms with Gasteiger partial charge in [-0.2, -0.15) is 0 Å². The van der Waals surface area contributed by atoms with Crippen molar-refractivity contribution in [3.05, 3.63) is 39.5 Å². The van der Waals surface area contributed by atoms with Gasteiger partial charge in [-0.1, -0.05) is 0 Å². The van der Waals surface area contributed by atoms with Crippen LogP contribution in [0, 0.1) is 0 Å². The summed E-state index contributed by atoms with van der Waals surface area (Å²) >= 11 is -2.21. The summed E-state index contributed by atoms with van der Waals surface area (Å²) in [5.74, 6) is 0. The average molecular weight is 482 g/mol. The molecule has 0 atom stereocenters. The molecule has 1 aromatic rings. The molecule has 0 heterocycles. The number of unbranched alkanes of at least 4 members (excludes halogenated alkanes) is 3. The van der Waals surface area contributed by atoms with Crippen molar-refractivity contribution in [2.45, 2.75) is 71.2 Å². The van der Waals surface area contributed by atoms with Gasteiger partial charge in [-0.15, -0.1) is 0 Å². The first-order valence-corrected chi connectivity index (χ1v) is 19.5. The fraction of sp³-hybridized carbons (Fsp3) is 0.600. The predicted molar refractivity (Wildman–Crippen MR) is 100 cm³/mol. The topological polar surface area (TPSA) is 0 Å². The van der Waals surface area contributed by atoms with Crippen LogP contribution in [-0.4, -0.2) is 21.2 Å². The molecule has 0 fully saturated rings. The molecule has 0 spiro atoms. The summed E-state index contributed by atoms with van der Waals surface area (Å²) in [5, 5.41) is 0. The first-order valence-electron chi connectivity index (χ1n) is 9.00. The van der Waals surface area contributed by atoms with Gasteiger partial charge in [0.1, 0.15) is 0 Å². The van der Waals surface area contributed by atoms with E-state index < -0.39 is 21.2 Å². The van der Waals surface area contributed by atoms with Crippen LogP contribution >= 0.6 is 0 Å². The van der Waals surface area contributed by atoms with Gasteiger partial charge in [0.15, 0.2) is 0 Å². The van der Waals surface area contributed by atoms with E-state index in [4.69, 9.17) is 0 Å². The average Bonchev–Trinajstić information content (AvgIpc) is 2.54. The summed E-state index contributed by atoms with van der Waals surface area (Å²) < 4.78 is 7.50. The molecule has 0 unspecified atom stereocenters. The maximum atomic E-state index is 2.77. The van der Waals surface area contributed by atoms with Crippen LogP contribution in [-0.2, 0) is 0 Å². The Morgan fingerprint density at radius 3 is 1.67 bits per heavy atom. The zero-order valence-electron chi connectivity index (χ0n) is 14.4. The third-order valence-corrected chi connectivity index (χ3v) is 23.6. The second-order valence-electron chi connectivity index (χ2n) is 6.42. The standard InChI is InChI=1S/C8H7.3C4H9.Pb/c1-2-8-6-4-3-5-7-8;3*1-3-4-2;/h1-7H;3*1,3-4H2,2H3;. The molecule has 0 radical (unpaired) electrons. The molecule has 1 aromatic carbocycles. The summed E-state index contributed by atoms with van der Waals surface area (Å²) in [7, 11) is 0. The molecule has 0 bridgehead atoms. The molecule has 1 rings (SSSR count). The summed E-state index contributed by atoms with van der Waals surface area (Å²) in [6.45, 7) is 7.04. The zero-order chi connectivity index (χ0) is 15.4. The van der Waals surface area contributed by atoms with E-state index in [0.717, 1.165) is 0 Å². The Balaban J connectivity index is 2.86. The minimum atomic E-state index is -2.21.